The lowest BCUT2D eigenvalue weighted by atomic mass is 10.1. The van der Waals surface area contributed by atoms with Crippen LogP contribution in [0.25, 0.3) is 21.5 Å². The van der Waals surface area contributed by atoms with Gasteiger partial charge in [-0.1, -0.05) is 29.8 Å². The molecule has 2 aromatic heterocycles. The van der Waals surface area contributed by atoms with Crippen LogP contribution in [0.15, 0.2) is 42.5 Å². The Hall–Kier alpha value is -2.48. The Morgan fingerprint density at radius 1 is 1.22 bits per heavy atom. The van der Waals surface area contributed by atoms with Crippen LogP contribution in [0.2, 0.25) is 4.34 Å². The number of fused-ring (bicyclic) bond motifs is 1. The molecule has 6 nitrogen and oxygen atoms in total. The van der Waals surface area contributed by atoms with E-state index >= 15 is 0 Å². The van der Waals surface area contributed by atoms with Gasteiger partial charge < -0.3 is 14.8 Å². The molecule has 0 bridgehead atoms. The fourth-order valence-corrected chi connectivity index (χ4v) is 3.48. The maximum Gasteiger partial charge on any atom is 0.339 e. The number of para-hydroxylation sites is 1. The molecule has 0 atom stereocenters. The number of esters is 1. The number of amides is 1. The molecule has 3 aromatic rings. The molecule has 0 aliphatic rings. The fourth-order valence-electron chi connectivity index (χ4n) is 2.47. The second-order valence-corrected chi connectivity index (χ2v) is 7.31. The van der Waals surface area contributed by atoms with Gasteiger partial charge in [0.15, 0.2) is 6.61 Å². The van der Waals surface area contributed by atoms with Crippen molar-refractivity contribution in [1.29, 1.82) is 0 Å². The molecule has 0 aliphatic carbocycles. The summed E-state index contributed by atoms with van der Waals surface area (Å²) < 4.78 is 10.7. The summed E-state index contributed by atoms with van der Waals surface area (Å²) in [5.41, 5.74) is 1.64. The van der Waals surface area contributed by atoms with Crippen LogP contribution < -0.4 is 5.32 Å². The first-order chi connectivity index (χ1) is 13.1. The Balaban J connectivity index is 1.84. The van der Waals surface area contributed by atoms with Gasteiger partial charge in [-0.25, -0.2) is 9.78 Å². The molecule has 0 saturated heterocycles. The molecule has 1 amide bonds. The van der Waals surface area contributed by atoms with Crippen molar-refractivity contribution in [3.05, 3.63) is 52.4 Å². The summed E-state index contributed by atoms with van der Waals surface area (Å²) in [6, 6.07) is 12.6. The van der Waals surface area contributed by atoms with E-state index in [9.17, 15) is 9.59 Å². The van der Waals surface area contributed by atoms with Crippen LogP contribution in [-0.4, -0.2) is 43.7 Å². The maximum absolute atomic E-state index is 12.6. The summed E-state index contributed by atoms with van der Waals surface area (Å²) in [4.78, 5) is 29.8. The minimum atomic E-state index is -0.584. The molecule has 8 heteroatoms. The number of nitrogens with one attached hydrogen (secondary N) is 1. The highest BCUT2D eigenvalue weighted by molar-refractivity contribution is 7.19. The molecule has 0 aliphatic heterocycles. The van der Waals surface area contributed by atoms with Gasteiger partial charge in [0.25, 0.3) is 5.91 Å². The van der Waals surface area contributed by atoms with Crippen molar-refractivity contribution >= 4 is 45.7 Å². The number of pyridine rings is 1. The SMILES string of the molecule is COCCNC(=O)COC(=O)c1cc(-c2ccc(Cl)s2)nc2ccccc12. The lowest BCUT2D eigenvalue weighted by Crippen LogP contribution is -2.31. The molecular formula is C19H17ClN2O4S. The minimum Gasteiger partial charge on any atom is -0.452 e. The normalized spacial score (nSPS) is 10.7. The Labute approximate surface area is 165 Å². The molecule has 0 spiro atoms. The predicted molar refractivity (Wildman–Crippen MR) is 105 cm³/mol. The zero-order valence-corrected chi connectivity index (χ0v) is 16.1. The quantitative estimate of drug-likeness (QED) is 0.481. The molecule has 0 saturated carbocycles. The van der Waals surface area contributed by atoms with Gasteiger partial charge in [0.1, 0.15) is 0 Å². The van der Waals surface area contributed by atoms with Crippen LogP contribution in [0.4, 0.5) is 0 Å². The Bertz CT molecular complexity index is 973. The molecule has 1 aromatic carbocycles. The summed E-state index contributed by atoms with van der Waals surface area (Å²) in [5.74, 6) is -0.969. The van der Waals surface area contributed by atoms with E-state index in [1.807, 2.05) is 24.3 Å². The number of hydrogen-bond donors (Lipinski definition) is 1. The van der Waals surface area contributed by atoms with Crippen molar-refractivity contribution in [2.45, 2.75) is 0 Å². The summed E-state index contributed by atoms with van der Waals surface area (Å²) in [5, 5.41) is 3.26. The summed E-state index contributed by atoms with van der Waals surface area (Å²) >= 11 is 7.39. The Kier molecular flexibility index (Phi) is 6.39. The summed E-state index contributed by atoms with van der Waals surface area (Å²) in [6.45, 7) is 0.384. The van der Waals surface area contributed by atoms with Gasteiger partial charge in [-0.2, -0.15) is 0 Å². The number of halogens is 1. The molecular weight excluding hydrogens is 388 g/mol. The number of nitrogens with zero attached hydrogens (tertiary/aromatic N) is 1. The van der Waals surface area contributed by atoms with Crippen molar-refractivity contribution in [1.82, 2.24) is 10.3 Å². The van der Waals surface area contributed by atoms with E-state index in [1.165, 1.54) is 11.3 Å². The zero-order valence-electron chi connectivity index (χ0n) is 14.5. The Morgan fingerprint density at radius 3 is 2.78 bits per heavy atom. The predicted octanol–water partition coefficient (Wildman–Crippen LogP) is 3.54. The summed E-state index contributed by atoms with van der Waals surface area (Å²) in [7, 11) is 1.54. The standard InChI is InChI=1S/C19H17ClN2O4S/c1-25-9-8-21-18(23)11-26-19(24)13-10-15(16-6-7-17(20)27-16)22-14-5-3-2-4-12(13)14/h2-7,10H,8-9,11H2,1H3,(H,21,23). The second-order valence-electron chi connectivity index (χ2n) is 5.59. The minimum absolute atomic E-state index is 0.352. The highest BCUT2D eigenvalue weighted by Crippen LogP contribution is 2.32. The molecule has 0 radical (unpaired) electrons. The van der Waals surface area contributed by atoms with Crippen LogP contribution in [-0.2, 0) is 14.3 Å². The number of carbonyl (C=O) groups is 2. The number of carbonyl (C=O) groups excluding carboxylic acids is 2. The van der Waals surface area contributed by atoms with Crippen LogP contribution in [0.1, 0.15) is 10.4 Å². The third kappa shape index (κ3) is 4.82. The second kappa shape index (κ2) is 8.94. The molecule has 27 heavy (non-hydrogen) atoms. The number of thiophene rings is 1. The smallest absolute Gasteiger partial charge is 0.339 e. The van der Waals surface area contributed by atoms with Gasteiger partial charge in [0, 0.05) is 19.0 Å². The number of rotatable bonds is 7. The molecule has 0 unspecified atom stereocenters. The monoisotopic (exact) mass is 404 g/mol. The van der Waals surface area contributed by atoms with Crippen LogP contribution >= 0.6 is 22.9 Å². The summed E-state index contributed by atoms with van der Waals surface area (Å²) in [6.07, 6.45) is 0. The van der Waals surface area contributed by atoms with E-state index in [1.54, 1.807) is 25.3 Å². The number of benzene rings is 1. The molecule has 140 valence electrons. The van der Waals surface area contributed by atoms with Crippen molar-refractivity contribution in [2.75, 3.05) is 26.9 Å². The van der Waals surface area contributed by atoms with E-state index in [0.717, 1.165) is 4.88 Å². The first-order valence-electron chi connectivity index (χ1n) is 8.16. The van der Waals surface area contributed by atoms with Gasteiger partial charge in [-0.3, -0.25) is 4.79 Å². The van der Waals surface area contributed by atoms with Crippen molar-refractivity contribution in [2.24, 2.45) is 0 Å². The van der Waals surface area contributed by atoms with Gasteiger partial charge in [0.2, 0.25) is 0 Å². The number of ether oxygens (including phenoxy) is 2. The van der Waals surface area contributed by atoms with E-state index in [2.05, 4.69) is 10.3 Å². The molecule has 1 N–H and O–H groups in total. The average Bonchev–Trinajstić information content (AvgIpc) is 3.12. The number of hydrogen-bond acceptors (Lipinski definition) is 6. The molecule has 0 fully saturated rings. The fraction of sp³-hybridized carbons (Fsp3) is 0.211. The van der Waals surface area contributed by atoms with Crippen molar-refractivity contribution < 1.29 is 19.1 Å². The highest BCUT2D eigenvalue weighted by atomic mass is 35.5. The zero-order chi connectivity index (χ0) is 19.2. The van der Waals surface area contributed by atoms with Gasteiger partial charge >= 0.3 is 5.97 Å². The Morgan fingerprint density at radius 2 is 2.04 bits per heavy atom. The number of methoxy groups -OCH3 is 1. The van der Waals surface area contributed by atoms with Crippen LogP contribution in [0.5, 0.6) is 0 Å². The largest absolute Gasteiger partial charge is 0.452 e. The topological polar surface area (TPSA) is 77.5 Å². The van der Waals surface area contributed by atoms with Crippen molar-refractivity contribution in [3.63, 3.8) is 0 Å². The van der Waals surface area contributed by atoms with E-state index in [0.29, 0.717) is 39.6 Å². The third-order valence-electron chi connectivity index (χ3n) is 3.72. The number of aromatic nitrogens is 1. The average molecular weight is 405 g/mol. The van der Waals surface area contributed by atoms with E-state index < -0.39 is 5.97 Å². The van der Waals surface area contributed by atoms with Crippen LogP contribution in [0, 0.1) is 0 Å². The molecule has 3 rings (SSSR count). The first-order valence-corrected chi connectivity index (χ1v) is 9.36. The van der Waals surface area contributed by atoms with Gasteiger partial charge in [-0.15, -0.1) is 11.3 Å². The van der Waals surface area contributed by atoms with E-state index in [-0.39, 0.29) is 12.5 Å². The van der Waals surface area contributed by atoms with Crippen molar-refractivity contribution in [3.8, 4) is 10.6 Å². The third-order valence-corrected chi connectivity index (χ3v) is 4.98. The lowest BCUT2D eigenvalue weighted by molar-refractivity contribution is -0.124. The first kappa shape index (κ1) is 19.3. The van der Waals surface area contributed by atoms with Gasteiger partial charge in [0.05, 0.1) is 32.6 Å². The molecule has 2 heterocycles. The lowest BCUT2D eigenvalue weighted by Gasteiger charge is -2.09. The maximum atomic E-state index is 12.6. The van der Waals surface area contributed by atoms with Gasteiger partial charge in [-0.05, 0) is 24.3 Å². The van der Waals surface area contributed by atoms with Crippen LogP contribution in [0.3, 0.4) is 0 Å². The van der Waals surface area contributed by atoms with E-state index in [4.69, 9.17) is 21.1 Å². The highest BCUT2D eigenvalue weighted by Gasteiger charge is 2.17.